The lowest BCUT2D eigenvalue weighted by atomic mass is 9.95. The van der Waals surface area contributed by atoms with Crippen molar-refractivity contribution >= 4 is 17.6 Å². The number of likely N-dealkylation sites (tertiary alicyclic amines) is 1. The Balaban J connectivity index is 1.71. The van der Waals surface area contributed by atoms with Crippen molar-refractivity contribution < 1.29 is 9.59 Å². The number of hydrogen-bond acceptors (Lipinski definition) is 3. The van der Waals surface area contributed by atoms with Crippen LogP contribution in [0.3, 0.4) is 0 Å². The van der Waals surface area contributed by atoms with Crippen LogP contribution in [0.4, 0.5) is 5.82 Å². The molecule has 0 radical (unpaired) electrons. The molecule has 0 spiro atoms. The van der Waals surface area contributed by atoms with Gasteiger partial charge in [0.1, 0.15) is 5.82 Å². The lowest BCUT2D eigenvalue weighted by molar-refractivity contribution is -0.138. The molecule has 5 nitrogen and oxygen atoms in total. The third kappa shape index (κ3) is 3.87. The minimum Gasteiger partial charge on any atom is -0.338 e. The maximum Gasteiger partial charge on any atom is 0.232 e. The Morgan fingerprint density at radius 1 is 1.24 bits per heavy atom. The maximum atomic E-state index is 12.9. The molecule has 1 saturated heterocycles. The Labute approximate surface area is 148 Å². The summed E-state index contributed by atoms with van der Waals surface area (Å²) in [7, 11) is 1.76. The van der Waals surface area contributed by atoms with Crippen molar-refractivity contribution in [1.82, 2.24) is 9.88 Å². The van der Waals surface area contributed by atoms with Gasteiger partial charge in [-0.15, -0.1) is 0 Å². The van der Waals surface area contributed by atoms with Crippen molar-refractivity contribution in [3.8, 4) is 0 Å². The molecule has 1 aliphatic rings. The smallest absolute Gasteiger partial charge is 0.232 e. The van der Waals surface area contributed by atoms with Crippen molar-refractivity contribution in [2.75, 3.05) is 18.5 Å². The van der Waals surface area contributed by atoms with E-state index in [2.05, 4.69) is 4.98 Å². The van der Waals surface area contributed by atoms with Crippen molar-refractivity contribution in [2.24, 2.45) is 5.92 Å². The average Bonchev–Trinajstić information content (AvgIpc) is 2.64. The lowest BCUT2D eigenvalue weighted by Crippen LogP contribution is -2.46. The molecular formula is C20H23N3O2. The van der Waals surface area contributed by atoms with Crippen LogP contribution < -0.4 is 4.90 Å². The number of carbonyl (C=O) groups is 2. The molecule has 130 valence electrons. The Morgan fingerprint density at radius 2 is 2.00 bits per heavy atom. The highest BCUT2D eigenvalue weighted by Gasteiger charge is 2.32. The minimum atomic E-state index is -0.187. The van der Waals surface area contributed by atoms with E-state index in [1.807, 2.05) is 49.4 Å². The molecule has 1 atom stereocenters. The Bertz CT molecular complexity index is 761. The summed E-state index contributed by atoms with van der Waals surface area (Å²) in [5.74, 6) is 0.628. The highest BCUT2D eigenvalue weighted by molar-refractivity contribution is 5.95. The van der Waals surface area contributed by atoms with E-state index in [4.69, 9.17) is 0 Å². The van der Waals surface area contributed by atoms with Gasteiger partial charge in [0.2, 0.25) is 11.8 Å². The molecule has 2 aromatic rings. The summed E-state index contributed by atoms with van der Waals surface area (Å²) in [6.45, 7) is 2.96. The van der Waals surface area contributed by atoms with Gasteiger partial charge >= 0.3 is 0 Å². The van der Waals surface area contributed by atoms with Crippen molar-refractivity contribution in [3.05, 3.63) is 59.8 Å². The van der Waals surface area contributed by atoms with Crippen LogP contribution in [0.1, 0.15) is 24.0 Å². The van der Waals surface area contributed by atoms with Crippen LogP contribution in [0, 0.1) is 12.8 Å². The first-order valence-electron chi connectivity index (χ1n) is 8.57. The summed E-state index contributed by atoms with van der Waals surface area (Å²) in [4.78, 5) is 32.9. The standard InChI is InChI=1S/C20H23N3O2/c1-15-7-6-12-21-19(15)22(2)20(25)17-10-11-18(24)23(14-17)13-16-8-4-3-5-9-16/h3-9,12,17H,10-11,13-14H2,1-2H3. The first-order chi connectivity index (χ1) is 12.1. The van der Waals surface area contributed by atoms with E-state index < -0.39 is 0 Å². The number of benzene rings is 1. The first kappa shape index (κ1) is 17.1. The second-order valence-electron chi connectivity index (χ2n) is 6.54. The SMILES string of the molecule is Cc1cccnc1N(C)C(=O)C1CCC(=O)N(Cc2ccccc2)C1. The molecule has 1 unspecified atom stereocenters. The molecule has 25 heavy (non-hydrogen) atoms. The molecule has 1 fully saturated rings. The number of aryl methyl sites for hydroxylation is 1. The zero-order chi connectivity index (χ0) is 17.8. The van der Waals surface area contributed by atoms with Gasteiger partial charge in [0, 0.05) is 32.8 Å². The summed E-state index contributed by atoms with van der Waals surface area (Å²) in [5, 5.41) is 0. The van der Waals surface area contributed by atoms with Gasteiger partial charge in [-0.25, -0.2) is 4.98 Å². The number of aromatic nitrogens is 1. The molecule has 5 heteroatoms. The summed E-state index contributed by atoms with van der Waals surface area (Å²) in [6.07, 6.45) is 2.70. The van der Waals surface area contributed by atoms with Gasteiger partial charge < -0.3 is 4.90 Å². The summed E-state index contributed by atoms with van der Waals surface area (Å²) < 4.78 is 0. The first-order valence-corrected chi connectivity index (χ1v) is 8.57. The van der Waals surface area contributed by atoms with Crippen LogP contribution in [0.2, 0.25) is 0 Å². The Kier molecular flexibility index (Phi) is 5.12. The highest BCUT2D eigenvalue weighted by Crippen LogP contribution is 2.24. The van der Waals surface area contributed by atoms with Crippen LogP contribution >= 0.6 is 0 Å². The van der Waals surface area contributed by atoms with Gasteiger partial charge in [-0.05, 0) is 30.5 Å². The van der Waals surface area contributed by atoms with E-state index >= 15 is 0 Å². The molecule has 0 saturated carbocycles. The zero-order valence-electron chi connectivity index (χ0n) is 14.7. The minimum absolute atomic E-state index is 0.0207. The van der Waals surface area contributed by atoms with Crippen molar-refractivity contribution in [2.45, 2.75) is 26.3 Å². The molecule has 0 bridgehead atoms. The molecule has 0 N–H and O–H groups in total. The quantitative estimate of drug-likeness (QED) is 0.862. The van der Waals surface area contributed by atoms with Gasteiger partial charge in [-0.2, -0.15) is 0 Å². The monoisotopic (exact) mass is 337 g/mol. The fraction of sp³-hybridized carbons (Fsp3) is 0.350. The predicted molar refractivity (Wildman–Crippen MR) is 97.0 cm³/mol. The lowest BCUT2D eigenvalue weighted by Gasteiger charge is -2.34. The van der Waals surface area contributed by atoms with E-state index in [1.54, 1.807) is 23.0 Å². The van der Waals surface area contributed by atoms with Gasteiger partial charge in [0.05, 0.1) is 5.92 Å². The second kappa shape index (κ2) is 7.47. The fourth-order valence-corrected chi connectivity index (χ4v) is 3.28. The normalized spacial score (nSPS) is 17.4. The van der Waals surface area contributed by atoms with Crippen LogP contribution in [0.15, 0.2) is 48.7 Å². The number of hydrogen-bond donors (Lipinski definition) is 0. The molecular weight excluding hydrogens is 314 g/mol. The second-order valence-corrected chi connectivity index (χ2v) is 6.54. The number of nitrogens with zero attached hydrogens (tertiary/aromatic N) is 3. The van der Waals surface area contributed by atoms with E-state index in [9.17, 15) is 9.59 Å². The van der Waals surface area contributed by atoms with Gasteiger partial charge in [0.25, 0.3) is 0 Å². The number of carbonyl (C=O) groups excluding carboxylic acids is 2. The maximum absolute atomic E-state index is 12.9. The molecule has 0 aliphatic carbocycles. The Hall–Kier alpha value is -2.69. The van der Waals surface area contributed by atoms with Gasteiger partial charge in [-0.3, -0.25) is 14.5 Å². The number of rotatable bonds is 4. The molecule has 2 heterocycles. The van der Waals surface area contributed by atoms with E-state index in [-0.39, 0.29) is 17.7 Å². The van der Waals surface area contributed by atoms with Crippen LogP contribution in [0.5, 0.6) is 0 Å². The molecule has 1 aromatic carbocycles. The summed E-state index contributed by atoms with van der Waals surface area (Å²) in [6, 6.07) is 13.7. The van der Waals surface area contributed by atoms with E-state index in [0.29, 0.717) is 31.7 Å². The number of pyridine rings is 1. The topological polar surface area (TPSA) is 53.5 Å². The molecule has 1 aromatic heterocycles. The van der Waals surface area contributed by atoms with Crippen molar-refractivity contribution in [3.63, 3.8) is 0 Å². The number of piperidine rings is 1. The molecule has 3 rings (SSSR count). The largest absolute Gasteiger partial charge is 0.338 e. The van der Waals surface area contributed by atoms with E-state index in [0.717, 1.165) is 11.1 Å². The van der Waals surface area contributed by atoms with Crippen LogP contribution in [-0.2, 0) is 16.1 Å². The van der Waals surface area contributed by atoms with Crippen molar-refractivity contribution in [1.29, 1.82) is 0 Å². The van der Waals surface area contributed by atoms with Gasteiger partial charge in [0.15, 0.2) is 0 Å². The number of amides is 2. The van der Waals surface area contributed by atoms with E-state index in [1.165, 1.54) is 0 Å². The third-order valence-corrected chi connectivity index (χ3v) is 4.70. The third-order valence-electron chi connectivity index (χ3n) is 4.70. The number of anilines is 1. The van der Waals surface area contributed by atoms with Crippen LogP contribution in [-0.4, -0.2) is 35.3 Å². The molecule has 1 aliphatic heterocycles. The zero-order valence-corrected chi connectivity index (χ0v) is 14.7. The predicted octanol–water partition coefficient (Wildman–Crippen LogP) is 2.79. The Morgan fingerprint density at radius 3 is 2.72 bits per heavy atom. The summed E-state index contributed by atoms with van der Waals surface area (Å²) >= 11 is 0. The molecule has 2 amide bonds. The average molecular weight is 337 g/mol. The highest BCUT2D eigenvalue weighted by atomic mass is 16.2. The van der Waals surface area contributed by atoms with Gasteiger partial charge in [-0.1, -0.05) is 36.4 Å². The summed E-state index contributed by atoms with van der Waals surface area (Å²) in [5.41, 5.74) is 2.05. The van der Waals surface area contributed by atoms with Crippen LogP contribution in [0.25, 0.3) is 0 Å². The fourth-order valence-electron chi connectivity index (χ4n) is 3.28.